The zero-order valence-corrected chi connectivity index (χ0v) is 12.9. The summed E-state index contributed by atoms with van der Waals surface area (Å²) in [5.74, 6) is 1.42. The van der Waals surface area contributed by atoms with Gasteiger partial charge < -0.3 is 10.6 Å². The summed E-state index contributed by atoms with van der Waals surface area (Å²) in [5, 5.41) is 17.4. The molecule has 7 nitrogen and oxygen atoms in total. The summed E-state index contributed by atoms with van der Waals surface area (Å²) in [5.41, 5.74) is -0.0829. The highest BCUT2D eigenvalue weighted by molar-refractivity contribution is 7.98. The molecule has 1 unspecified atom stereocenters. The lowest BCUT2D eigenvalue weighted by atomic mass is 10.2. The Bertz CT molecular complexity index is 444. The van der Waals surface area contributed by atoms with Crippen LogP contribution in [0.1, 0.15) is 26.7 Å². The molecule has 0 spiro atoms. The van der Waals surface area contributed by atoms with E-state index in [1.54, 1.807) is 11.8 Å². The van der Waals surface area contributed by atoms with Gasteiger partial charge in [0.25, 0.3) is 0 Å². The predicted octanol–water partition coefficient (Wildman–Crippen LogP) is 2.76. The summed E-state index contributed by atoms with van der Waals surface area (Å²) >= 11 is 1.69. The molecule has 1 heterocycles. The third-order valence-corrected chi connectivity index (χ3v) is 3.48. The van der Waals surface area contributed by atoms with Gasteiger partial charge in [0.05, 0.1) is 4.92 Å². The second-order valence-corrected chi connectivity index (χ2v) is 5.22. The van der Waals surface area contributed by atoms with Crippen molar-refractivity contribution < 1.29 is 4.92 Å². The van der Waals surface area contributed by atoms with E-state index in [9.17, 15) is 10.1 Å². The van der Waals surface area contributed by atoms with E-state index in [2.05, 4.69) is 20.6 Å². The van der Waals surface area contributed by atoms with Gasteiger partial charge in [-0.2, -0.15) is 11.8 Å². The summed E-state index contributed by atoms with van der Waals surface area (Å²) in [7, 11) is 0. The first-order valence-corrected chi connectivity index (χ1v) is 8.02. The van der Waals surface area contributed by atoms with Crippen LogP contribution in [0.3, 0.4) is 0 Å². The van der Waals surface area contributed by atoms with Gasteiger partial charge in [-0.3, -0.25) is 10.1 Å². The summed E-state index contributed by atoms with van der Waals surface area (Å²) < 4.78 is 0. The molecule has 1 rings (SSSR count). The second kappa shape index (κ2) is 8.57. The average molecular weight is 299 g/mol. The van der Waals surface area contributed by atoms with Crippen LogP contribution in [0.2, 0.25) is 0 Å². The molecule has 1 aromatic heterocycles. The first kappa shape index (κ1) is 16.5. The zero-order valence-electron chi connectivity index (χ0n) is 12.0. The topological polar surface area (TPSA) is 93.0 Å². The summed E-state index contributed by atoms with van der Waals surface area (Å²) in [6, 6.07) is 0.151. The molecule has 0 saturated carbocycles. The van der Waals surface area contributed by atoms with Crippen molar-refractivity contribution in [1.82, 2.24) is 9.97 Å². The summed E-state index contributed by atoms with van der Waals surface area (Å²) in [4.78, 5) is 18.8. The fourth-order valence-corrected chi connectivity index (χ4v) is 2.41. The highest BCUT2D eigenvalue weighted by Gasteiger charge is 2.24. The Morgan fingerprint density at radius 1 is 1.40 bits per heavy atom. The monoisotopic (exact) mass is 299 g/mol. The lowest BCUT2D eigenvalue weighted by molar-refractivity contribution is -0.383. The maximum Gasteiger partial charge on any atom is 0.353 e. The second-order valence-electron chi connectivity index (χ2n) is 4.31. The lowest BCUT2D eigenvalue weighted by Crippen LogP contribution is -2.23. The number of nitrogens with zero attached hydrogens (tertiary/aromatic N) is 3. The number of nitrogens with one attached hydrogen (secondary N) is 2. The van der Waals surface area contributed by atoms with Gasteiger partial charge >= 0.3 is 5.69 Å². The molecule has 2 N–H and O–H groups in total. The number of thioether (sulfide) groups is 1. The van der Waals surface area contributed by atoms with E-state index in [1.807, 2.05) is 20.1 Å². The fraction of sp³-hybridized carbons (Fsp3) is 0.667. The Morgan fingerprint density at radius 2 is 2.10 bits per heavy atom. The molecular formula is C12H21N5O2S. The number of hydrogen-bond donors (Lipinski definition) is 2. The zero-order chi connectivity index (χ0) is 15.0. The van der Waals surface area contributed by atoms with Crippen molar-refractivity contribution in [2.75, 3.05) is 29.2 Å². The van der Waals surface area contributed by atoms with Gasteiger partial charge in [-0.1, -0.05) is 13.8 Å². The van der Waals surface area contributed by atoms with E-state index in [-0.39, 0.29) is 23.4 Å². The molecule has 0 aliphatic carbocycles. The molecule has 0 amide bonds. The van der Waals surface area contributed by atoms with Crippen molar-refractivity contribution >= 4 is 29.1 Å². The van der Waals surface area contributed by atoms with Crippen LogP contribution < -0.4 is 10.6 Å². The Hall–Kier alpha value is -1.57. The number of hydrogen-bond acceptors (Lipinski definition) is 7. The van der Waals surface area contributed by atoms with Crippen LogP contribution in [0.4, 0.5) is 17.3 Å². The summed E-state index contributed by atoms with van der Waals surface area (Å²) in [6.45, 7) is 4.67. The Labute approximate surface area is 123 Å². The van der Waals surface area contributed by atoms with Gasteiger partial charge in [0, 0.05) is 18.3 Å². The van der Waals surface area contributed by atoms with E-state index in [1.165, 1.54) is 6.33 Å². The average Bonchev–Trinajstić information content (AvgIpc) is 2.44. The van der Waals surface area contributed by atoms with Gasteiger partial charge in [-0.25, -0.2) is 9.97 Å². The van der Waals surface area contributed by atoms with Crippen molar-refractivity contribution in [3.05, 3.63) is 16.4 Å². The van der Waals surface area contributed by atoms with E-state index in [0.29, 0.717) is 6.54 Å². The van der Waals surface area contributed by atoms with E-state index < -0.39 is 4.92 Å². The molecule has 0 aliphatic heterocycles. The van der Waals surface area contributed by atoms with Crippen LogP contribution in [0.15, 0.2) is 6.33 Å². The van der Waals surface area contributed by atoms with Gasteiger partial charge in [-0.05, 0) is 19.1 Å². The van der Waals surface area contributed by atoms with Crippen LogP contribution in [-0.4, -0.2) is 39.5 Å². The van der Waals surface area contributed by atoms with Gasteiger partial charge in [0.15, 0.2) is 0 Å². The van der Waals surface area contributed by atoms with Gasteiger partial charge in [-0.15, -0.1) is 0 Å². The molecule has 20 heavy (non-hydrogen) atoms. The minimum atomic E-state index is -0.438. The minimum Gasteiger partial charge on any atom is -0.364 e. The smallest absolute Gasteiger partial charge is 0.353 e. The molecule has 0 aromatic carbocycles. The van der Waals surface area contributed by atoms with Crippen LogP contribution in [-0.2, 0) is 0 Å². The van der Waals surface area contributed by atoms with E-state index >= 15 is 0 Å². The van der Waals surface area contributed by atoms with E-state index in [0.717, 1.165) is 18.6 Å². The van der Waals surface area contributed by atoms with Crippen LogP contribution in [0, 0.1) is 10.1 Å². The van der Waals surface area contributed by atoms with Crippen molar-refractivity contribution in [2.45, 2.75) is 32.7 Å². The molecule has 1 aromatic rings. The van der Waals surface area contributed by atoms with Crippen molar-refractivity contribution in [3.8, 4) is 0 Å². The highest BCUT2D eigenvalue weighted by Crippen LogP contribution is 2.29. The van der Waals surface area contributed by atoms with Gasteiger partial charge in [0.1, 0.15) is 6.33 Å². The quantitative estimate of drug-likeness (QED) is 0.535. The van der Waals surface area contributed by atoms with Crippen molar-refractivity contribution in [1.29, 1.82) is 0 Å². The molecule has 0 saturated heterocycles. The largest absolute Gasteiger partial charge is 0.364 e. The Kier molecular flexibility index (Phi) is 7.06. The minimum absolute atomic E-state index is 0.0829. The highest BCUT2D eigenvalue weighted by atomic mass is 32.2. The molecule has 8 heteroatoms. The standard InChI is InChI=1S/C12H21N5O2S/c1-4-6-13-11-10(17(18)19)12(15-8-14-11)16-9(5-2)7-20-3/h8-9H,4-7H2,1-3H3,(H2,13,14,15,16). The number of aromatic nitrogens is 2. The van der Waals surface area contributed by atoms with Crippen LogP contribution >= 0.6 is 11.8 Å². The molecule has 0 radical (unpaired) electrons. The molecule has 112 valence electrons. The van der Waals surface area contributed by atoms with Crippen LogP contribution in [0.25, 0.3) is 0 Å². The van der Waals surface area contributed by atoms with Crippen LogP contribution in [0.5, 0.6) is 0 Å². The maximum atomic E-state index is 11.3. The molecule has 0 bridgehead atoms. The van der Waals surface area contributed by atoms with Crippen molar-refractivity contribution in [2.24, 2.45) is 0 Å². The Morgan fingerprint density at radius 3 is 2.65 bits per heavy atom. The number of rotatable bonds is 9. The molecule has 0 aliphatic rings. The maximum absolute atomic E-state index is 11.3. The Balaban J connectivity index is 3.02. The lowest BCUT2D eigenvalue weighted by Gasteiger charge is -2.16. The first-order valence-electron chi connectivity index (χ1n) is 6.62. The molecule has 1 atom stereocenters. The third kappa shape index (κ3) is 4.52. The molecule has 0 fully saturated rings. The normalized spacial score (nSPS) is 11.9. The predicted molar refractivity (Wildman–Crippen MR) is 83.6 cm³/mol. The SMILES string of the molecule is CCCNc1ncnc(NC(CC)CSC)c1[N+](=O)[O-]. The first-order chi connectivity index (χ1) is 9.63. The fourth-order valence-electron chi connectivity index (χ4n) is 1.69. The van der Waals surface area contributed by atoms with Gasteiger partial charge in [0.2, 0.25) is 11.6 Å². The van der Waals surface area contributed by atoms with Crippen molar-refractivity contribution in [3.63, 3.8) is 0 Å². The van der Waals surface area contributed by atoms with E-state index in [4.69, 9.17) is 0 Å². The third-order valence-electron chi connectivity index (χ3n) is 2.75. The number of anilines is 2. The molecular weight excluding hydrogens is 278 g/mol. The number of nitro groups is 1. The summed E-state index contributed by atoms with van der Waals surface area (Å²) in [6.07, 6.45) is 5.10.